The number of aromatic nitrogens is 4. The third kappa shape index (κ3) is 1.99. The van der Waals surface area contributed by atoms with Crippen LogP contribution in [0.4, 0.5) is 5.69 Å². The molecule has 1 heterocycles. The molecule has 0 aliphatic carbocycles. The molecule has 78 valence electrons. The Labute approximate surface area is 90.6 Å². The van der Waals surface area contributed by atoms with E-state index in [0.29, 0.717) is 16.5 Å². The molecule has 0 aliphatic heterocycles. The zero-order chi connectivity index (χ0) is 10.8. The van der Waals surface area contributed by atoms with Gasteiger partial charge in [-0.3, -0.25) is 0 Å². The summed E-state index contributed by atoms with van der Waals surface area (Å²) in [5, 5.41) is 11.3. The maximum atomic E-state index is 5.80. The molecule has 7 heteroatoms. The predicted octanol–water partition coefficient (Wildman–Crippen LogP) is 1.24. The molecule has 0 spiro atoms. The summed E-state index contributed by atoms with van der Waals surface area (Å²) in [5.74, 6) is 0.431. The van der Waals surface area contributed by atoms with Gasteiger partial charge >= 0.3 is 6.01 Å². The summed E-state index contributed by atoms with van der Waals surface area (Å²) in [6.07, 6.45) is 0. The summed E-state index contributed by atoms with van der Waals surface area (Å²) >= 11 is 5.80. The van der Waals surface area contributed by atoms with Crippen LogP contribution in [0.1, 0.15) is 0 Å². The van der Waals surface area contributed by atoms with E-state index in [4.69, 9.17) is 22.1 Å². The molecule has 1 aromatic heterocycles. The number of benzene rings is 1. The number of nitrogen functional groups attached to an aromatic ring is 1. The summed E-state index contributed by atoms with van der Waals surface area (Å²) in [6.45, 7) is 0. The molecule has 0 atom stereocenters. The topological polar surface area (TPSA) is 78.8 Å². The number of rotatable bonds is 2. The number of hydrogen-bond acceptors (Lipinski definition) is 5. The Morgan fingerprint density at radius 1 is 1.47 bits per heavy atom. The first-order chi connectivity index (χ1) is 7.16. The van der Waals surface area contributed by atoms with Crippen molar-refractivity contribution in [1.82, 2.24) is 20.2 Å². The average Bonchev–Trinajstić information content (AvgIpc) is 2.58. The van der Waals surface area contributed by atoms with Crippen LogP contribution < -0.4 is 10.5 Å². The molecular weight excluding hydrogens is 218 g/mol. The first-order valence-electron chi connectivity index (χ1n) is 4.12. The zero-order valence-corrected chi connectivity index (χ0v) is 8.64. The van der Waals surface area contributed by atoms with E-state index in [1.807, 2.05) is 0 Å². The van der Waals surface area contributed by atoms with Crippen LogP contribution in [0.3, 0.4) is 0 Å². The second kappa shape index (κ2) is 3.74. The van der Waals surface area contributed by atoms with E-state index >= 15 is 0 Å². The number of ether oxygens (including phenoxy) is 1. The van der Waals surface area contributed by atoms with Crippen LogP contribution in [0, 0.1) is 0 Å². The van der Waals surface area contributed by atoms with Gasteiger partial charge in [0.15, 0.2) is 5.75 Å². The van der Waals surface area contributed by atoms with Crippen molar-refractivity contribution in [2.45, 2.75) is 0 Å². The Balaban J connectivity index is 2.32. The fraction of sp³-hybridized carbons (Fsp3) is 0.125. The van der Waals surface area contributed by atoms with Gasteiger partial charge in [0.05, 0.1) is 5.69 Å². The third-order valence-electron chi connectivity index (χ3n) is 1.76. The van der Waals surface area contributed by atoms with Crippen molar-refractivity contribution in [2.24, 2.45) is 7.05 Å². The van der Waals surface area contributed by atoms with Crippen molar-refractivity contribution < 1.29 is 4.74 Å². The minimum Gasteiger partial charge on any atom is -0.421 e. The van der Waals surface area contributed by atoms with Crippen molar-refractivity contribution in [1.29, 1.82) is 0 Å². The number of aryl methyl sites for hydroxylation is 1. The van der Waals surface area contributed by atoms with E-state index in [1.54, 1.807) is 25.2 Å². The minimum atomic E-state index is 0.254. The van der Waals surface area contributed by atoms with E-state index in [-0.39, 0.29) is 6.01 Å². The van der Waals surface area contributed by atoms with Gasteiger partial charge in [-0.2, -0.15) is 4.68 Å². The average molecular weight is 226 g/mol. The predicted molar refractivity (Wildman–Crippen MR) is 54.7 cm³/mol. The summed E-state index contributed by atoms with van der Waals surface area (Å²) < 4.78 is 6.77. The molecule has 6 nitrogen and oxygen atoms in total. The van der Waals surface area contributed by atoms with Gasteiger partial charge in [0.25, 0.3) is 0 Å². The van der Waals surface area contributed by atoms with Crippen LogP contribution >= 0.6 is 11.6 Å². The van der Waals surface area contributed by atoms with Gasteiger partial charge in [0.1, 0.15) is 0 Å². The Bertz CT molecular complexity index is 484. The molecule has 0 unspecified atom stereocenters. The monoisotopic (exact) mass is 225 g/mol. The molecule has 0 radical (unpaired) electrons. The van der Waals surface area contributed by atoms with Crippen molar-refractivity contribution in [2.75, 3.05) is 5.73 Å². The van der Waals surface area contributed by atoms with Crippen LogP contribution in [0.5, 0.6) is 11.8 Å². The third-order valence-corrected chi connectivity index (χ3v) is 1.99. The number of halogens is 1. The summed E-state index contributed by atoms with van der Waals surface area (Å²) in [7, 11) is 1.66. The standard InChI is InChI=1S/C8H8ClN5O/c1-14-8(11-12-13-14)15-7-4-5(9)2-3-6(7)10/h2-4H,10H2,1H3. The van der Waals surface area contributed by atoms with E-state index in [2.05, 4.69) is 15.5 Å². The number of tetrazole rings is 1. The first-order valence-corrected chi connectivity index (χ1v) is 4.50. The van der Waals surface area contributed by atoms with Crippen LogP contribution in [0.15, 0.2) is 18.2 Å². The Morgan fingerprint density at radius 3 is 2.93 bits per heavy atom. The van der Waals surface area contributed by atoms with Crippen molar-refractivity contribution in [3.8, 4) is 11.8 Å². The zero-order valence-electron chi connectivity index (χ0n) is 7.88. The summed E-state index contributed by atoms with van der Waals surface area (Å²) in [6, 6.07) is 5.19. The first kappa shape index (κ1) is 9.72. The molecule has 0 amide bonds. The number of anilines is 1. The molecule has 2 N–H and O–H groups in total. The van der Waals surface area contributed by atoms with E-state index in [0.717, 1.165) is 0 Å². The summed E-state index contributed by atoms with van der Waals surface area (Å²) in [4.78, 5) is 0. The highest BCUT2D eigenvalue weighted by Gasteiger charge is 2.08. The lowest BCUT2D eigenvalue weighted by Gasteiger charge is -2.05. The van der Waals surface area contributed by atoms with Gasteiger partial charge in [0, 0.05) is 18.1 Å². The van der Waals surface area contributed by atoms with Gasteiger partial charge < -0.3 is 10.5 Å². The maximum absolute atomic E-state index is 5.80. The lowest BCUT2D eigenvalue weighted by atomic mass is 10.3. The van der Waals surface area contributed by atoms with Gasteiger partial charge in [0.2, 0.25) is 0 Å². The number of nitrogens with zero attached hydrogens (tertiary/aromatic N) is 4. The molecule has 2 aromatic rings. The van der Waals surface area contributed by atoms with Crippen LogP contribution in [-0.4, -0.2) is 20.2 Å². The Hall–Kier alpha value is -1.82. The highest BCUT2D eigenvalue weighted by molar-refractivity contribution is 6.30. The van der Waals surface area contributed by atoms with Gasteiger partial charge in [-0.25, -0.2) is 0 Å². The van der Waals surface area contributed by atoms with Crippen molar-refractivity contribution in [3.05, 3.63) is 23.2 Å². The van der Waals surface area contributed by atoms with Crippen LogP contribution in [0.2, 0.25) is 5.02 Å². The van der Waals surface area contributed by atoms with Crippen LogP contribution in [0.25, 0.3) is 0 Å². The molecule has 15 heavy (non-hydrogen) atoms. The molecule has 1 aromatic carbocycles. The smallest absolute Gasteiger partial charge is 0.340 e. The number of nitrogens with two attached hydrogens (primary N) is 1. The van der Waals surface area contributed by atoms with E-state index in [9.17, 15) is 0 Å². The largest absolute Gasteiger partial charge is 0.421 e. The molecular formula is C8H8ClN5O. The molecule has 0 fully saturated rings. The van der Waals surface area contributed by atoms with Gasteiger partial charge in [-0.05, 0) is 22.6 Å². The Kier molecular flexibility index (Phi) is 2.42. The molecule has 0 bridgehead atoms. The quantitative estimate of drug-likeness (QED) is 0.778. The molecule has 0 aliphatic rings. The lowest BCUT2D eigenvalue weighted by Crippen LogP contribution is -1.98. The van der Waals surface area contributed by atoms with Crippen LogP contribution in [-0.2, 0) is 7.05 Å². The highest BCUT2D eigenvalue weighted by atomic mass is 35.5. The van der Waals surface area contributed by atoms with Gasteiger partial charge in [-0.15, -0.1) is 0 Å². The fourth-order valence-electron chi connectivity index (χ4n) is 1.00. The van der Waals surface area contributed by atoms with Gasteiger partial charge in [-0.1, -0.05) is 16.7 Å². The van der Waals surface area contributed by atoms with Crippen molar-refractivity contribution >= 4 is 17.3 Å². The highest BCUT2D eigenvalue weighted by Crippen LogP contribution is 2.28. The van der Waals surface area contributed by atoms with E-state index < -0.39 is 0 Å². The summed E-state index contributed by atoms with van der Waals surface area (Å²) in [5.41, 5.74) is 6.17. The minimum absolute atomic E-state index is 0.254. The SMILES string of the molecule is Cn1nnnc1Oc1cc(Cl)ccc1N. The molecule has 0 saturated carbocycles. The normalized spacial score (nSPS) is 10.3. The second-order valence-electron chi connectivity index (χ2n) is 2.87. The van der Waals surface area contributed by atoms with E-state index in [1.165, 1.54) is 4.68 Å². The maximum Gasteiger partial charge on any atom is 0.340 e. The molecule has 0 saturated heterocycles. The fourth-order valence-corrected chi connectivity index (χ4v) is 1.16. The van der Waals surface area contributed by atoms with Crippen molar-refractivity contribution in [3.63, 3.8) is 0 Å². The number of hydrogen-bond donors (Lipinski definition) is 1. The second-order valence-corrected chi connectivity index (χ2v) is 3.31. The lowest BCUT2D eigenvalue weighted by molar-refractivity contribution is 0.416. The Morgan fingerprint density at radius 2 is 2.27 bits per heavy atom. The molecule has 2 rings (SSSR count).